The van der Waals surface area contributed by atoms with Gasteiger partial charge >= 0.3 is 0 Å². The molecule has 0 spiro atoms. The summed E-state index contributed by atoms with van der Waals surface area (Å²) >= 11 is 10.7. The quantitative estimate of drug-likeness (QED) is 0.662. The van der Waals surface area contributed by atoms with Gasteiger partial charge in [0.05, 0.1) is 10.7 Å². The molecule has 2 rings (SSSR count). The maximum Gasteiger partial charge on any atom is 0.262 e. The number of carbonyl (C=O) groups is 1. The average Bonchev–Trinajstić information content (AvgIpc) is 2.15. The largest absolute Gasteiger partial charge is 0.480 e. The molecule has 1 aliphatic rings. The molecule has 1 aromatic carbocycles. The number of hydrogen-bond acceptors (Lipinski definition) is 3. The molecule has 0 radical (unpaired) electrons. The van der Waals surface area contributed by atoms with E-state index in [2.05, 4.69) is 10.6 Å². The molecule has 1 amide bonds. The first kappa shape index (κ1) is 11.0. The number of rotatable bonds is 1. The molecule has 5 nitrogen and oxygen atoms in total. The van der Waals surface area contributed by atoms with Crippen molar-refractivity contribution in [3.05, 3.63) is 17.2 Å². The monoisotopic (exact) mass is 257 g/mol. The normalized spacial score (nSPS) is 13.4. The third kappa shape index (κ3) is 2.17. The van der Waals surface area contributed by atoms with Gasteiger partial charge in [-0.1, -0.05) is 11.6 Å². The van der Waals surface area contributed by atoms with Gasteiger partial charge in [-0.05, 0) is 24.4 Å². The van der Waals surface area contributed by atoms with Crippen LogP contribution in [0.2, 0.25) is 5.02 Å². The van der Waals surface area contributed by atoms with Gasteiger partial charge in [0.25, 0.3) is 5.91 Å². The van der Waals surface area contributed by atoms with E-state index in [1.165, 1.54) is 0 Å². The number of nitrogens with two attached hydrogens (primary N) is 1. The molecule has 1 aromatic rings. The first-order valence-corrected chi connectivity index (χ1v) is 5.17. The summed E-state index contributed by atoms with van der Waals surface area (Å²) in [5.41, 5.74) is 6.44. The van der Waals surface area contributed by atoms with Crippen LogP contribution in [0.15, 0.2) is 12.1 Å². The third-order valence-corrected chi connectivity index (χ3v) is 2.32. The highest BCUT2D eigenvalue weighted by molar-refractivity contribution is 7.80. The number of nitrogens with one attached hydrogen (secondary N) is 2. The Morgan fingerprint density at radius 1 is 1.62 bits per heavy atom. The fraction of sp³-hybridized carbons (Fsp3) is 0.111. The molecule has 1 aliphatic heterocycles. The summed E-state index contributed by atoms with van der Waals surface area (Å²) in [6, 6.07) is 3.27. The number of carbonyl (C=O) groups excluding carboxylic acids is 1. The Morgan fingerprint density at radius 3 is 3.06 bits per heavy atom. The van der Waals surface area contributed by atoms with Crippen LogP contribution in [0.25, 0.3) is 0 Å². The lowest BCUT2D eigenvalue weighted by atomic mass is 10.2. The van der Waals surface area contributed by atoms with E-state index >= 15 is 0 Å². The number of thiocarbonyl (C=S) groups is 1. The van der Waals surface area contributed by atoms with Crippen LogP contribution in [0.3, 0.4) is 0 Å². The minimum atomic E-state index is -0.226. The second kappa shape index (κ2) is 4.15. The van der Waals surface area contributed by atoms with E-state index in [9.17, 15) is 4.79 Å². The van der Waals surface area contributed by atoms with E-state index in [4.69, 9.17) is 34.3 Å². The van der Waals surface area contributed by atoms with E-state index in [0.29, 0.717) is 22.1 Å². The second-order valence-corrected chi connectivity index (χ2v) is 4.01. The van der Waals surface area contributed by atoms with Crippen LogP contribution in [0, 0.1) is 0 Å². The number of hydrogen-bond donors (Lipinski definition) is 3. The zero-order chi connectivity index (χ0) is 11.7. The van der Waals surface area contributed by atoms with Crippen LogP contribution in [-0.4, -0.2) is 17.6 Å². The molecule has 0 saturated heterocycles. The highest BCUT2D eigenvalue weighted by atomic mass is 35.5. The molecule has 0 bridgehead atoms. The zero-order valence-corrected chi connectivity index (χ0v) is 9.61. The first-order chi connectivity index (χ1) is 7.56. The van der Waals surface area contributed by atoms with Crippen LogP contribution in [0.1, 0.15) is 0 Å². The van der Waals surface area contributed by atoms with Crippen molar-refractivity contribution in [1.82, 2.24) is 0 Å². The molecule has 1 heterocycles. The Kier molecular flexibility index (Phi) is 2.84. The Balaban J connectivity index is 2.39. The van der Waals surface area contributed by atoms with E-state index in [1.807, 2.05) is 0 Å². The van der Waals surface area contributed by atoms with Gasteiger partial charge in [-0.3, -0.25) is 4.79 Å². The molecule has 0 aromatic heterocycles. The van der Waals surface area contributed by atoms with E-state index in [0.717, 1.165) is 0 Å². The molecule has 7 heteroatoms. The molecule has 0 unspecified atom stereocenters. The van der Waals surface area contributed by atoms with Gasteiger partial charge in [0, 0.05) is 5.69 Å². The number of halogens is 1. The number of ether oxygens (including phenoxy) is 1. The minimum absolute atomic E-state index is 0.0329. The lowest BCUT2D eigenvalue weighted by Gasteiger charge is -2.20. The lowest BCUT2D eigenvalue weighted by Crippen LogP contribution is -2.26. The van der Waals surface area contributed by atoms with Crippen LogP contribution in [-0.2, 0) is 4.79 Å². The second-order valence-electron chi connectivity index (χ2n) is 3.16. The van der Waals surface area contributed by atoms with Crippen molar-refractivity contribution >= 4 is 46.2 Å². The molecule has 0 aliphatic carbocycles. The predicted molar refractivity (Wildman–Crippen MR) is 66.0 cm³/mol. The van der Waals surface area contributed by atoms with E-state index in [1.54, 1.807) is 12.1 Å². The van der Waals surface area contributed by atoms with Crippen molar-refractivity contribution in [2.75, 3.05) is 17.2 Å². The van der Waals surface area contributed by atoms with Crippen LogP contribution >= 0.6 is 23.8 Å². The highest BCUT2D eigenvalue weighted by Gasteiger charge is 2.19. The van der Waals surface area contributed by atoms with Crippen molar-refractivity contribution < 1.29 is 9.53 Å². The SMILES string of the molecule is NC(=S)Nc1cc(Cl)c2c(c1)NC(=O)CO2. The zero-order valence-electron chi connectivity index (χ0n) is 8.04. The van der Waals surface area contributed by atoms with Crippen LogP contribution in [0.4, 0.5) is 11.4 Å². The number of amides is 1. The summed E-state index contributed by atoms with van der Waals surface area (Å²) in [5.74, 6) is 0.228. The Bertz CT molecular complexity index is 478. The third-order valence-electron chi connectivity index (χ3n) is 1.93. The molecular formula is C9H8ClN3O2S. The molecular weight excluding hydrogens is 250 g/mol. The number of fused-ring (bicyclic) bond motifs is 1. The number of benzene rings is 1. The van der Waals surface area contributed by atoms with Gasteiger partial charge in [0.15, 0.2) is 17.5 Å². The Hall–Kier alpha value is -1.53. The standard InChI is InChI=1S/C9H8ClN3O2S/c10-5-1-4(12-9(11)16)2-6-8(5)15-3-7(14)13-6/h1-2H,3H2,(H,13,14)(H3,11,12,16). The maximum absolute atomic E-state index is 11.1. The average molecular weight is 258 g/mol. The van der Waals surface area contributed by atoms with Gasteiger partial charge in [-0.2, -0.15) is 0 Å². The summed E-state index contributed by atoms with van der Waals surface area (Å²) in [5, 5.41) is 5.88. The molecule has 16 heavy (non-hydrogen) atoms. The van der Waals surface area contributed by atoms with Crippen molar-refractivity contribution in [3.8, 4) is 5.75 Å². The van der Waals surface area contributed by atoms with E-state index < -0.39 is 0 Å². The summed E-state index contributed by atoms with van der Waals surface area (Å²) in [6.45, 7) is -0.0329. The first-order valence-electron chi connectivity index (χ1n) is 4.39. The summed E-state index contributed by atoms with van der Waals surface area (Å²) < 4.78 is 5.19. The van der Waals surface area contributed by atoms with Gasteiger partial charge < -0.3 is 21.1 Å². The van der Waals surface area contributed by atoms with E-state index in [-0.39, 0.29) is 17.6 Å². The van der Waals surface area contributed by atoms with Crippen LogP contribution < -0.4 is 21.1 Å². The highest BCUT2D eigenvalue weighted by Crippen LogP contribution is 2.38. The van der Waals surface area contributed by atoms with Gasteiger partial charge in [-0.15, -0.1) is 0 Å². The van der Waals surface area contributed by atoms with Gasteiger partial charge in [0.1, 0.15) is 0 Å². The summed E-state index contributed by atoms with van der Waals surface area (Å²) in [7, 11) is 0. The summed E-state index contributed by atoms with van der Waals surface area (Å²) in [6.07, 6.45) is 0. The van der Waals surface area contributed by atoms with Crippen molar-refractivity contribution in [1.29, 1.82) is 0 Å². The molecule has 4 N–H and O–H groups in total. The smallest absolute Gasteiger partial charge is 0.262 e. The molecule has 84 valence electrons. The fourth-order valence-electron chi connectivity index (χ4n) is 1.37. The molecule has 0 atom stereocenters. The lowest BCUT2D eigenvalue weighted by molar-refractivity contribution is -0.118. The minimum Gasteiger partial charge on any atom is -0.480 e. The fourth-order valence-corrected chi connectivity index (χ4v) is 1.76. The van der Waals surface area contributed by atoms with Crippen molar-refractivity contribution in [2.45, 2.75) is 0 Å². The van der Waals surface area contributed by atoms with Crippen molar-refractivity contribution in [2.24, 2.45) is 5.73 Å². The molecule has 0 fully saturated rings. The Labute approximate surface area is 102 Å². The molecule has 0 saturated carbocycles. The topological polar surface area (TPSA) is 76.4 Å². The summed E-state index contributed by atoms with van der Waals surface area (Å²) in [4.78, 5) is 11.1. The maximum atomic E-state index is 11.1. The Morgan fingerprint density at radius 2 is 2.38 bits per heavy atom. The van der Waals surface area contributed by atoms with Crippen molar-refractivity contribution in [3.63, 3.8) is 0 Å². The van der Waals surface area contributed by atoms with Gasteiger partial charge in [-0.25, -0.2) is 0 Å². The number of anilines is 2. The van der Waals surface area contributed by atoms with Gasteiger partial charge in [0.2, 0.25) is 0 Å². The predicted octanol–water partition coefficient (Wildman–Crippen LogP) is 1.33. The van der Waals surface area contributed by atoms with Crippen LogP contribution in [0.5, 0.6) is 5.75 Å².